The van der Waals surface area contributed by atoms with E-state index in [1.807, 2.05) is 16.7 Å². The molecule has 0 aromatic rings. The number of hydrogen-bond donors (Lipinski definition) is 2. The van der Waals surface area contributed by atoms with Crippen LogP contribution in [0, 0.1) is 17.8 Å². The van der Waals surface area contributed by atoms with E-state index in [1.165, 1.54) is 0 Å². The minimum absolute atomic E-state index is 0.0539. The summed E-state index contributed by atoms with van der Waals surface area (Å²) >= 11 is 0. The number of likely N-dealkylation sites (tertiary alicyclic amines) is 2. The van der Waals surface area contributed by atoms with E-state index >= 15 is 0 Å². The highest BCUT2D eigenvalue weighted by molar-refractivity contribution is 5.75. The van der Waals surface area contributed by atoms with Crippen LogP contribution in [0.2, 0.25) is 0 Å². The largest absolute Gasteiger partial charge is 0.481 e. The molecule has 2 heterocycles. The van der Waals surface area contributed by atoms with Crippen molar-refractivity contribution in [3.05, 3.63) is 0 Å². The van der Waals surface area contributed by atoms with Gasteiger partial charge in [-0.25, -0.2) is 4.79 Å². The van der Waals surface area contributed by atoms with E-state index in [0.717, 1.165) is 32.4 Å². The zero-order valence-electron chi connectivity index (χ0n) is 12.7. The topological polar surface area (TPSA) is 81.1 Å². The lowest BCUT2D eigenvalue weighted by molar-refractivity contribution is -0.138. The summed E-state index contributed by atoms with van der Waals surface area (Å²) in [4.78, 5) is 27.0. The maximum Gasteiger partial charge on any atom is 0.320 e. The van der Waals surface area contributed by atoms with Crippen molar-refractivity contribution in [1.29, 1.82) is 0 Å². The van der Waals surface area contributed by atoms with Gasteiger partial charge in [-0.15, -0.1) is 0 Å². The molecule has 0 spiro atoms. The molecular formula is C15H26N2O4. The van der Waals surface area contributed by atoms with E-state index in [-0.39, 0.29) is 36.8 Å². The number of urea groups is 1. The summed E-state index contributed by atoms with van der Waals surface area (Å²) in [5, 5.41) is 18.1. The molecule has 0 radical (unpaired) electrons. The molecule has 2 rings (SSSR count). The predicted molar refractivity (Wildman–Crippen MR) is 77.9 cm³/mol. The van der Waals surface area contributed by atoms with Crippen LogP contribution >= 0.6 is 0 Å². The Labute approximate surface area is 125 Å². The lowest BCUT2D eigenvalue weighted by Gasteiger charge is -2.37. The number of carbonyl (C=O) groups is 2. The van der Waals surface area contributed by atoms with Gasteiger partial charge in [0.2, 0.25) is 0 Å². The van der Waals surface area contributed by atoms with Gasteiger partial charge in [0.05, 0.1) is 0 Å². The molecule has 2 aliphatic rings. The van der Waals surface area contributed by atoms with Gasteiger partial charge in [0, 0.05) is 45.1 Å². The molecule has 3 unspecified atom stereocenters. The van der Waals surface area contributed by atoms with Crippen LogP contribution in [0.1, 0.15) is 32.6 Å². The van der Waals surface area contributed by atoms with Crippen LogP contribution in [0.15, 0.2) is 0 Å². The minimum Gasteiger partial charge on any atom is -0.481 e. The van der Waals surface area contributed by atoms with Gasteiger partial charge in [-0.05, 0) is 31.1 Å². The zero-order valence-corrected chi connectivity index (χ0v) is 12.7. The van der Waals surface area contributed by atoms with E-state index in [1.54, 1.807) is 0 Å². The first-order chi connectivity index (χ1) is 10.0. The number of hydrogen-bond acceptors (Lipinski definition) is 3. The van der Waals surface area contributed by atoms with Crippen molar-refractivity contribution >= 4 is 12.0 Å². The van der Waals surface area contributed by atoms with Crippen LogP contribution in [-0.2, 0) is 4.79 Å². The Hall–Kier alpha value is -1.30. The van der Waals surface area contributed by atoms with E-state index in [2.05, 4.69) is 0 Å². The molecule has 0 saturated carbocycles. The first-order valence-corrected chi connectivity index (χ1v) is 7.87. The molecule has 2 aliphatic heterocycles. The molecule has 2 saturated heterocycles. The molecule has 0 aromatic heterocycles. The molecule has 6 nitrogen and oxygen atoms in total. The molecule has 6 heteroatoms. The Kier molecular flexibility index (Phi) is 5.45. The molecule has 0 aliphatic carbocycles. The van der Waals surface area contributed by atoms with Crippen molar-refractivity contribution in [3.8, 4) is 0 Å². The van der Waals surface area contributed by atoms with E-state index < -0.39 is 5.97 Å². The van der Waals surface area contributed by atoms with E-state index in [4.69, 9.17) is 10.2 Å². The van der Waals surface area contributed by atoms with Gasteiger partial charge in [-0.1, -0.05) is 6.92 Å². The molecular weight excluding hydrogens is 272 g/mol. The molecule has 120 valence electrons. The van der Waals surface area contributed by atoms with Gasteiger partial charge in [0.25, 0.3) is 0 Å². The monoisotopic (exact) mass is 298 g/mol. The van der Waals surface area contributed by atoms with Crippen LogP contribution in [0.5, 0.6) is 0 Å². The van der Waals surface area contributed by atoms with Gasteiger partial charge < -0.3 is 20.0 Å². The summed E-state index contributed by atoms with van der Waals surface area (Å²) in [6, 6.07) is 0.0539. The van der Waals surface area contributed by atoms with Crippen LogP contribution < -0.4 is 0 Å². The number of carboxylic acids is 1. The highest BCUT2D eigenvalue weighted by Crippen LogP contribution is 2.27. The summed E-state index contributed by atoms with van der Waals surface area (Å²) in [6.45, 7) is 4.88. The van der Waals surface area contributed by atoms with Crippen LogP contribution in [0.25, 0.3) is 0 Å². The number of aliphatic hydroxyl groups excluding tert-OH is 1. The Morgan fingerprint density at radius 3 is 2.52 bits per heavy atom. The molecule has 21 heavy (non-hydrogen) atoms. The Bertz CT molecular complexity index is 388. The number of aliphatic hydroxyl groups is 1. The minimum atomic E-state index is -0.767. The molecule has 0 aromatic carbocycles. The highest BCUT2D eigenvalue weighted by atomic mass is 16.4. The van der Waals surface area contributed by atoms with Crippen molar-refractivity contribution in [3.63, 3.8) is 0 Å². The van der Waals surface area contributed by atoms with Gasteiger partial charge in [0.15, 0.2) is 0 Å². The third-order valence-electron chi connectivity index (χ3n) is 4.84. The van der Waals surface area contributed by atoms with Gasteiger partial charge in [-0.3, -0.25) is 4.79 Å². The lowest BCUT2D eigenvalue weighted by Crippen LogP contribution is -2.48. The summed E-state index contributed by atoms with van der Waals surface area (Å²) in [7, 11) is 0. The zero-order chi connectivity index (χ0) is 15.4. The van der Waals surface area contributed by atoms with Crippen molar-refractivity contribution in [2.45, 2.75) is 32.6 Å². The third kappa shape index (κ3) is 4.09. The second kappa shape index (κ2) is 7.11. The third-order valence-corrected chi connectivity index (χ3v) is 4.84. The van der Waals surface area contributed by atoms with Gasteiger partial charge >= 0.3 is 12.0 Å². The maximum absolute atomic E-state index is 12.5. The summed E-state index contributed by atoms with van der Waals surface area (Å²) in [5.74, 6) is -0.186. The first kappa shape index (κ1) is 16.1. The second-order valence-electron chi connectivity index (χ2n) is 6.49. The predicted octanol–water partition coefficient (Wildman–Crippen LogP) is 1.24. The van der Waals surface area contributed by atoms with Crippen molar-refractivity contribution in [1.82, 2.24) is 9.80 Å². The fourth-order valence-electron chi connectivity index (χ4n) is 3.45. The quantitative estimate of drug-likeness (QED) is 0.818. The normalized spacial score (nSPS) is 27.7. The Balaban J connectivity index is 1.88. The molecule has 0 bridgehead atoms. The molecule has 2 amide bonds. The van der Waals surface area contributed by atoms with Gasteiger partial charge in [-0.2, -0.15) is 0 Å². The van der Waals surface area contributed by atoms with Crippen molar-refractivity contribution < 1.29 is 19.8 Å². The Morgan fingerprint density at radius 1 is 1.19 bits per heavy atom. The summed E-state index contributed by atoms with van der Waals surface area (Å²) in [6.07, 6.45) is 2.98. The highest BCUT2D eigenvalue weighted by Gasteiger charge is 2.33. The number of nitrogens with zero attached hydrogens (tertiary/aromatic N) is 2. The SMILES string of the molecule is CC(CC(=O)O)C1CCCN(C(=O)N2CCC(CO)C2)C1. The number of piperidine rings is 1. The van der Waals surface area contributed by atoms with Gasteiger partial charge in [0.1, 0.15) is 0 Å². The maximum atomic E-state index is 12.5. The average molecular weight is 298 g/mol. The fourth-order valence-corrected chi connectivity index (χ4v) is 3.45. The smallest absolute Gasteiger partial charge is 0.320 e. The molecule has 3 atom stereocenters. The number of carbonyl (C=O) groups excluding carboxylic acids is 1. The fraction of sp³-hybridized carbons (Fsp3) is 0.867. The van der Waals surface area contributed by atoms with E-state index in [0.29, 0.717) is 13.1 Å². The van der Waals surface area contributed by atoms with E-state index in [9.17, 15) is 9.59 Å². The van der Waals surface area contributed by atoms with Crippen molar-refractivity contribution in [2.75, 3.05) is 32.8 Å². The standard InChI is InChI=1S/C15H26N2O4/c1-11(7-14(19)20)13-3-2-5-16(9-13)15(21)17-6-4-12(8-17)10-18/h11-13,18H,2-10H2,1H3,(H,19,20). The number of carboxylic acid groups (broad SMARTS) is 1. The lowest BCUT2D eigenvalue weighted by atomic mass is 9.85. The van der Waals surface area contributed by atoms with Crippen molar-refractivity contribution in [2.24, 2.45) is 17.8 Å². The van der Waals surface area contributed by atoms with Crippen LogP contribution in [-0.4, -0.2) is 64.8 Å². The van der Waals surface area contributed by atoms with Crippen LogP contribution in [0.4, 0.5) is 4.79 Å². The molecule has 2 N–H and O–H groups in total. The second-order valence-corrected chi connectivity index (χ2v) is 6.49. The average Bonchev–Trinajstić information content (AvgIpc) is 2.95. The first-order valence-electron chi connectivity index (χ1n) is 7.87. The van der Waals surface area contributed by atoms with Crippen LogP contribution in [0.3, 0.4) is 0 Å². The summed E-state index contributed by atoms with van der Waals surface area (Å²) < 4.78 is 0. The molecule has 2 fully saturated rings. The number of aliphatic carboxylic acids is 1. The Morgan fingerprint density at radius 2 is 1.90 bits per heavy atom. The summed E-state index contributed by atoms with van der Waals surface area (Å²) in [5.41, 5.74) is 0. The number of rotatable bonds is 4. The number of amides is 2.